The number of nitrogens with one attached hydrogen (secondary N) is 1. The van der Waals surface area contributed by atoms with Gasteiger partial charge in [-0.1, -0.05) is 6.07 Å². The van der Waals surface area contributed by atoms with Crippen LogP contribution in [0.1, 0.15) is 12.0 Å². The summed E-state index contributed by atoms with van der Waals surface area (Å²) in [6, 6.07) is 5.63. The summed E-state index contributed by atoms with van der Waals surface area (Å²) in [4.78, 5) is 12.5. The van der Waals surface area contributed by atoms with Crippen molar-refractivity contribution >= 4 is 5.91 Å². The summed E-state index contributed by atoms with van der Waals surface area (Å²) in [5.74, 6) is 2.01. The van der Waals surface area contributed by atoms with Crippen LogP contribution in [0.25, 0.3) is 0 Å². The molecule has 3 rings (SSSR count). The molecule has 1 saturated carbocycles. The van der Waals surface area contributed by atoms with E-state index in [4.69, 9.17) is 18.9 Å². The molecule has 0 spiro atoms. The third-order valence-corrected chi connectivity index (χ3v) is 5.06. The predicted molar refractivity (Wildman–Crippen MR) is 88.4 cm³/mol. The minimum absolute atomic E-state index is 0.00470. The Morgan fingerprint density at radius 2 is 2.12 bits per heavy atom. The van der Waals surface area contributed by atoms with Crippen LogP contribution in [0, 0.1) is 11.8 Å². The normalized spacial score (nSPS) is 28.0. The van der Waals surface area contributed by atoms with Crippen molar-refractivity contribution in [3.05, 3.63) is 23.8 Å². The zero-order chi connectivity index (χ0) is 17.1. The maximum absolute atomic E-state index is 12.5. The van der Waals surface area contributed by atoms with Gasteiger partial charge >= 0.3 is 0 Å². The van der Waals surface area contributed by atoms with Crippen LogP contribution in [-0.2, 0) is 20.7 Å². The lowest BCUT2D eigenvalue weighted by Crippen LogP contribution is -2.62. The van der Waals surface area contributed by atoms with Crippen molar-refractivity contribution in [3.8, 4) is 11.5 Å². The number of hydrogen-bond donors (Lipinski definition) is 1. The van der Waals surface area contributed by atoms with Gasteiger partial charge < -0.3 is 24.3 Å². The smallest absolute Gasteiger partial charge is 0.224 e. The van der Waals surface area contributed by atoms with Crippen molar-refractivity contribution in [2.45, 2.75) is 25.0 Å². The van der Waals surface area contributed by atoms with Crippen LogP contribution in [0.2, 0.25) is 0 Å². The second-order valence-corrected chi connectivity index (χ2v) is 6.35. The molecule has 6 heteroatoms. The zero-order valence-electron chi connectivity index (χ0n) is 14.4. The second kappa shape index (κ2) is 7.40. The third kappa shape index (κ3) is 3.21. The van der Waals surface area contributed by atoms with E-state index in [0.29, 0.717) is 24.0 Å². The Balaban J connectivity index is 1.63. The Hall–Kier alpha value is -1.79. The number of hydrogen-bond acceptors (Lipinski definition) is 5. The Labute approximate surface area is 142 Å². The van der Waals surface area contributed by atoms with Gasteiger partial charge in [-0.05, 0) is 12.5 Å². The Kier molecular flexibility index (Phi) is 5.26. The maximum atomic E-state index is 12.5. The molecule has 4 unspecified atom stereocenters. The van der Waals surface area contributed by atoms with Gasteiger partial charge in [0.2, 0.25) is 5.91 Å². The van der Waals surface area contributed by atoms with E-state index in [-0.39, 0.29) is 30.4 Å². The monoisotopic (exact) mass is 335 g/mol. The van der Waals surface area contributed by atoms with Gasteiger partial charge in [0, 0.05) is 43.2 Å². The molecule has 1 aliphatic carbocycles. The Morgan fingerprint density at radius 1 is 1.29 bits per heavy atom. The van der Waals surface area contributed by atoms with Gasteiger partial charge in [-0.15, -0.1) is 0 Å². The van der Waals surface area contributed by atoms with Crippen molar-refractivity contribution in [3.63, 3.8) is 0 Å². The van der Waals surface area contributed by atoms with E-state index >= 15 is 0 Å². The molecule has 1 aliphatic heterocycles. The molecule has 2 aliphatic rings. The number of fused-ring (bicyclic) bond motifs is 1. The summed E-state index contributed by atoms with van der Waals surface area (Å²) in [7, 11) is 4.88. The fraction of sp³-hybridized carbons (Fsp3) is 0.611. The first-order chi connectivity index (χ1) is 11.7. The van der Waals surface area contributed by atoms with Crippen LogP contribution in [0.4, 0.5) is 0 Å². The van der Waals surface area contributed by atoms with Crippen LogP contribution < -0.4 is 14.8 Å². The van der Waals surface area contributed by atoms with Crippen LogP contribution >= 0.6 is 0 Å². The minimum Gasteiger partial charge on any atom is -0.497 e. The first kappa shape index (κ1) is 17.0. The molecular weight excluding hydrogens is 310 g/mol. The fourth-order valence-electron chi connectivity index (χ4n) is 3.84. The molecule has 0 radical (unpaired) electrons. The number of rotatable bonds is 7. The first-order valence-electron chi connectivity index (χ1n) is 8.28. The van der Waals surface area contributed by atoms with Crippen LogP contribution in [-0.4, -0.2) is 52.6 Å². The topological polar surface area (TPSA) is 66.0 Å². The minimum atomic E-state index is -0.00470. The number of benzene rings is 1. The molecule has 4 atom stereocenters. The second-order valence-electron chi connectivity index (χ2n) is 6.35. The molecule has 132 valence electrons. The zero-order valence-corrected chi connectivity index (χ0v) is 14.4. The molecule has 1 N–H and O–H groups in total. The number of ether oxygens (including phenoxy) is 4. The van der Waals surface area contributed by atoms with Crippen LogP contribution in [0.15, 0.2) is 18.2 Å². The molecule has 1 aromatic rings. The highest BCUT2D eigenvalue weighted by Crippen LogP contribution is 2.43. The van der Waals surface area contributed by atoms with E-state index in [9.17, 15) is 4.79 Å². The first-order valence-corrected chi connectivity index (χ1v) is 8.28. The van der Waals surface area contributed by atoms with Crippen molar-refractivity contribution in [1.82, 2.24) is 5.32 Å². The van der Waals surface area contributed by atoms with E-state index in [0.717, 1.165) is 18.6 Å². The van der Waals surface area contributed by atoms with E-state index < -0.39 is 0 Å². The van der Waals surface area contributed by atoms with E-state index in [2.05, 4.69) is 5.32 Å². The summed E-state index contributed by atoms with van der Waals surface area (Å²) in [6.07, 6.45) is 1.51. The highest BCUT2D eigenvalue weighted by atomic mass is 16.5. The number of amides is 1. The largest absolute Gasteiger partial charge is 0.497 e. The SMILES string of the molecule is COCC1C(NC(=O)Cc2ccc(OC)cc2OC)C2CCOC21. The standard InChI is InChI=1S/C18H25NO5/c1-21-10-14-17(13-6-7-24-18(13)14)19-16(20)8-11-4-5-12(22-2)9-15(11)23-3/h4-5,9,13-14,17-18H,6-8,10H2,1-3H3,(H,19,20). The molecule has 0 aromatic heterocycles. The lowest BCUT2D eigenvalue weighted by atomic mass is 9.67. The molecule has 6 nitrogen and oxygen atoms in total. The lowest BCUT2D eigenvalue weighted by Gasteiger charge is -2.47. The summed E-state index contributed by atoms with van der Waals surface area (Å²) in [5.41, 5.74) is 0.845. The van der Waals surface area contributed by atoms with Crippen LogP contribution in [0.5, 0.6) is 11.5 Å². The average molecular weight is 335 g/mol. The van der Waals surface area contributed by atoms with Gasteiger partial charge in [-0.3, -0.25) is 4.79 Å². The van der Waals surface area contributed by atoms with Crippen molar-refractivity contribution in [1.29, 1.82) is 0 Å². The van der Waals surface area contributed by atoms with Crippen molar-refractivity contribution in [2.75, 3.05) is 34.5 Å². The summed E-state index contributed by atoms with van der Waals surface area (Å²) in [6.45, 7) is 1.38. The van der Waals surface area contributed by atoms with Gasteiger partial charge in [0.1, 0.15) is 11.5 Å². The van der Waals surface area contributed by atoms with E-state index in [1.807, 2.05) is 12.1 Å². The molecule has 1 aromatic carbocycles. The summed E-state index contributed by atoms with van der Waals surface area (Å²) < 4.78 is 21.6. The number of carbonyl (C=O) groups excluding carboxylic acids is 1. The molecular formula is C18H25NO5. The van der Waals surface area contributed by atoms with Crippen molar-refractivity contribution in [2.24, 2.45) is 11.8 Å². The molecule has 0 bridgehead atoms. The summed E-state index contributed by atoms with van der Waals surface area (Å²) in [5, 5.41) is 3.17. The number of carbonyl (C=O) groups is 1. The molecule has 1 heterocycles. The quantitative estimate of drug-likeness (QED) is 0.816. The predicted octanol–water partition coefficient (Wildman–Crippen LogP) is 1.41. The third-order valence-electron chi connectivity index (χ3n) is 5.06. The molecule has 1 amide bonds. The van der Waals surface area contributed by atoms with Crippen molar-refractivity contribution < 1.29 is 23.7 Å². The van der Waals surface area contributed by atoms with E-state index in [1.54, 1.807) is 27.4 Å². The Morgan fingerprint density at radius 3 is 2.83 bits per heavy atom. The number of methoxy groups -OCH3 is 3. The van der Waals surface area contributed by atoms with Gasteiger partial charge in [0.25, 0.3) is 0 Å². The van der Waals surface area contributed by atoms with Crippen LogP contribution in [0.3, 0.4) is 0 Å². The molecule has 1 saturated heterocycles. The molecule has 24 heavy (non-hydrogen) atoms. The van der Waals surface area contributed by atoms with Gasteiger partial charge in [0.05, 0.1) is 33.4 Å². The Bertz CT molecular complexity index is 591. The molecule has 2 fully saturated rings. The fourth-order valence-corrected chi connectivity index (χ4v) is 3.84. The van der Waals surface area contributed by atoms with Gasteiger partial charge in [-0.2, -0.15) is 0 Å². The summed E-state index contributed by atoms with van der Waals surface area (Å²) >= 11 is 0. The highest BCUT2D eigenvalue weighted by molar-refractivity contribution is 5.80. The van der Waals surface area contributed by atoms with E-state index in [1.165, 1.54) is 0 Å². The lowest BCUT2D eigenvalue weighted by molar-refractivity contribution is -0.129. The average Bonchev–Trinajstić information content (AvgIpc) is 3.02. The van der Waals surface area contributed by atoms with Gasteiger partial charge in [0.15, 0.2) is 0 Å². The highest BCUT2D eigenvalue weighted by Gasteiger charge is 2.54. The maximum Gasteiger partial charge on any atom is 0.224 e. The van der Waals surface area contributed by atoms with Gasteiger partial charge in [-0.25, -0.2) is 0 Å².